The second-order valence-electron chi connectivity index (χ2n) is 7.82. The molecule has 3 atom stereocenters. The quantitative estimate of drug-likeness (QED) is 0.590. The number of ether oxygens (including phenoxy) is 1. The molecule has 3 aromatic rings. The maximum Gasteiger partial charge on any atom is 0.246 e. The molecule has 0 spiro atoms. The van der Waals surface area contributed by atoms with E-state index in [1.807, 2.05) is 36.4 Å². The molecular weight excluding hydrogens is 388 g/mol. The lowest BCUT2D eigenvalue weighted by Gasteiger charge is -2.16. The van der Waals surface area contributed by atoms with Crippen molar-refractivity contribution in [3.63, 3.8) is 0 Å². The van der Waals surface area contributed by atoms with Crippen molar-refractivity contribution in [2.45, 2.75) is 12.8 Å². The predicted molar refractivity (Wildman–Crippen MR) is 118 cm³/mol. The largest absolute Gasteiger partial charge is 0.495 e. The lowest BCUT2D eigenvalue weighted by Crippen LogP contribution is -2.31. The molecule has 0 aromatic heterocycles. The summed E-state index contributed by atoms with van der Waals surface area (Å²) in [5.74, 6) is -0.829. The zero-order valence-corrected chi connectivity index (χ0v) is 17.3. The molecule has 5 heteroatoms. The summed E-state index contributed by atoms with van der Waals surface area (Å²) in [6, 6.07) is 27.3. The zero-order valence-electron chi connectivity index (χ0n) is 17.3. The Morgan fingerprint density at radius 2 is 1.52 bits per heavy atom. The first-order valence-corrected chi connectivity index (χ1v) is 10.0. The van der Waals surface area contributed by atoms with E-state index < -0.39 is 22.7 Å². The zero-order chi connectivity index (χ0) is 22.1. The van der Waals surface area contributed by atoms with Crippen LogP contribution < -0.4 is 10.1 Å². The summed E-state index contributed by atoms with van der Waals surface area (Å²) in [6.45, 7) is 1.71. The normalized spacial score (nSPS) is 24.0. The van der Waals surface area contributed by atoms with Crippen molar-refractivity contribution in [1.82, 2.24) is 0 Å². The van der Waals surface area contributed by atoms with Gasteiger partial charge in [-0.2, -0.15) is 5.26 Å². The number of carbonyl (C=O) groups excluding carboxylic acids is 2. The van der Waals surface area contributed by atoms with Crippen molar-refractivity contribution in [2.75, 3.05) is 12.4 Å². The average molecular weight is 410 g/mol. The van der Waals surface area contributed by atoms with Gasteiger partial charge in [-0.05, 0) is 24.6 Å². The number of nitrogens with one attached hydrogen (secondary N) is 1. The standard InChI is InChI=1S/C26H22N2O3/c1-25(23(29)19-13-7-4-8-14-19)22(18-11-5-3-6-12-18)26(25,17-27)24(30)28-20-15-9-10-16-21(20)31-2/h3-16,22H,1-2H3,(H,28,30)/t22-,25+,26+/m1/s1. The van der Waals surface area contributed by atoms with Crippen LogP contribution in [-0.4, -0.2) is 18.8 Å². The minimum absolute atomic E-state index is 0.223. The second kappa shape index (κ2) is 7.73. The van der Waals surface area contributed by atoms with Crippen LogP contribution in [0.5, 0.6) is 5.75 Å². The summed E-state index contributed by atoms with van der Waals surface area (Å²) in [4.78, 5) is 27.2. The topological polar surface area (TPSA) is 79.2 Å². The van der Waals surface area contributed by atoms with Gasteiger partial charge < -0.3 is 10.1 Å². The monoisotopic (exact) mass is 410 g/mol. The number of para-hydroxylation sites is 2. The molecule has 3 aromatic carbocycles. The van der Waals surface area contributed by atoms with E-state index in [1.54, 1.807) is 55.5 Å². The second-order valence-corrected chi connectivity index (χ2v) is 7.82. The van der Waals surface area contributed by atoms with E-state index in [0.29, 0.717) is 17.0 Å². The summed E-state index contributed by atoms with van der Waals surface area (Å²) in [6.07, 6.45) is 0. The molecule has 0 heterocycles. The van der Waals surface area contributed by atoms with Crippen molar-refractivity contribution in [1.29, 1.82) is 5.26 Å². The first-order chi connectivity index (χ1) is 15.0. The van der Waals surface area contributed by atoms with Gasteiger partial charge in [0.15, 0.2) is 11.2 Å². The fourth-order valence-corrected chi connectivity index (χ4v) is 4.61. The van der Waals surface area contributed by atoms with Crippen LogP contribution in [0.15, 0.2) is 84.9 Å². The van der Waals surface area contributed by atoms with Crippen LogP contribution in [0.2, 0.25) is 0 Å². The minimum atomic E-state index is -1.55. The highest BCUT2D eigenvalue weighted by atomic mass is 16.5. The summed E-state index contributed by atoms with van der Waals surface area (Å²) in [5.41, 5.74) is -1.05. The molecule has 1 amide bonds. The number of anilines is 1. The molecule has 5 nitrogen and oxygen atoms in total. The van der Waals surface area contributed by atoms with Crippen molar-refractivity contribution >= 4 is 17.4 Å². The van der Waals surface area contributed by atoms with Crippen LogP contribution >= 0.6 is 0 Å². The highest BCUT2D eigenvalue weighted by Crippen LogP contribution is 2.75. The van der Waals surface area contributed by atoms with E-state index in [0.717, 1.165) is 5.56 Å². The molecule has 1 saturated carbocycles. The Kier molecular flexibility index (Phi) is 5.08. The summed E-state index contributed by atoms with van der Waals surface area (Å²) in [7, 11) is 1.51. The van der Waals surface area contributed by atoms with Gasteiger partial charge in [0, 0.05) is 11.5 Å². The van der Waals surface area contributed by atoms with Crippen molar-refractivity contribution in [3.05, 3.63) is 96.1 Å². The number of carbonyl (C=O) groups is 2. The number of benzene rings is 3. The molecule has 4 rings (SSSR count). The molecule has 1 aliphatic rings. The van der Waals surface area contributed by atoms with Gasteiger partial charge in [-0.1, -0.05) is 72.8 Å². The number of ketones is 1. The number of amides is 1. The van der Waals surface area contributed by atoms with Gasteiger partial charge in [-0.3, -0.25) is 9.59 Å². The highest BCUT2D eigenvalue weighted by molar-refractivity contribution is 6.14. The van der Waals surface area contributed by atoms with Crippen LogP contribution in [0, 0.1) is 22.2 Å². The third kappa shape index (κ3) is 3.00. The molecule has 0 aliphatic heterocycles. The molecule has 31 heavy (non-hydrogen) atoms. The number of methoxy groups -OCH3 is 1. The number of nitriles is 1. The lowest BCUT2D eigenvalue weighted by atomic mass is 9.87. The van der Waals surface area contributed by atoms with Gasteiger partial charge >= 0.3 is 0 Å². The van der Waals surface area contributed by atoms with E-state index in [4.69, 9.17) is 4.74 Å². The van der Waals surface area contributed by atoms with Crippen LogP contribution in [0.25, 0.3) is 0 Å². The van der Waals surface area contributed by atoms with E-state index in [2.05, 4.69) is 11.4 Å². The predicted octanol–water partition coefficient (Wildman–Crippen LogP) is 4.83. The van der Waals surface area contributed by atoms with Crippen molar-refractivity contribution < 1.29 is 14.3 Å². The average Bonchev–Trinajstić information content (AvgIpc) is 3.41. The van der Waals surface area contributed by atoms with E-state index in [-0.39, 0.29) is 5.78 Å². The highest BCUT2D eigenvalue weighted by Gasteiger charge is 2.82. The van der Waals surface area contributed by atoms with Crippen molar-refractivity contribution in [3.8, 4) is 11.8 Å². The Labute approximate surface area is 181 Å². The molecule has 0 saturated heterocycles. The van der Waals surface area contributed by atoms with E-state index >= 15 is 0 Å². The summed E-state index contributed by atoms with van der Waals surface area (Å²) >= 11 is 0. The van der Waals surface area contributed by atoms with Crippen LogP contribution in [0.1, 0.15) is 28.8 Å². The molecule has 1 fully saturated rings. The molecule has 0 radical (unpaired) electrons. The number of nitrogens with zero attached hydrogens (tertiary/aromatic N) is 1. The molecular formula is C26H22N2O3. The Bertz CT molecular complexity index is 1170. The molecule has 154 valence electrons. The van der Waals surface area contributed by atoms with Gasteiger partial charge in [0.25, 0.3) is 0 Å². The molecule has 1 N–H and O–H groups in total. The number of hydrogen-bond donors (Lipinski definition) is 1. The number of Topliss-reactive ketones (excluding diaryl/α,β-unsaturated/α-hetero) is 1. The number of hydrogen-bond acceptors (Lipinski definition) is 4. The number of rotatable bonds is 6. The Morgan fingerprint density at radius 1 is 0.935 bits per heavy atom. The molecule has 1 aliphatic carbocycles. The first kappa shape index (κ1) is 20.4. The van der Waals surface area contributed by atoms with Crippen LogP contribution in [0.3, 0.4) is 0 Å². The van der Waals surface area contributed by atoms with Gasteiger partial charge in [0.2, 0.25) is 5.91 Å². The Hall–Kier alpha value is -3.91. The SMILES string of the molecule is COc1ccccc1NC(=O)[C@]1(C#N)[C@H](c2ccccc2)[C@@]1(C)C(=O)c1ccccc1. The molecule has 0 bridgehead atoms. The van der Waals surface area contributed by atoms with E-state index in [1.165, 1.54) is 7.11 Å². The van der Waals surface area contributed by atoms with Crippen LogP contribution in [0.4, 0.5) is 5.69 Å². The fraction of sp³-hybridized carbons (Fsp3) is 0.192. The van der Waals surface area contributed by atoms with Gasteiger partial charge in [-0.25, -0.2) is 0 Å². The van der Waals surface area contributed by atoms with Gasteiger partial charge in [0.05, 0.1) is 24.3 Å². The first-order valence-electron chi connectivity index (χ1n) is 10.0. The summed E-state index contributed by atoms with van der Waals surface area (Å²) in [5, 5.41) is 13.1. The lowest BCUT2D eigenvalue weighted by molar-refractivity contribution is -0.120. The molecule has 0 unspecified atom stereocenters. The fourth-order valence-electron chi connectivity index (χ4n) is 4.61. The third-order valence-corrected chi connectivity index (χ3v) is 6.28. The van der Waals surface area contributed by atoms with Crippen LogP contribution in [-0.2, 0) is 4.79 Å². The maximum absolute atomic E-state index is 13.6. The van der Waals surface area contributed by atoms with Gasteiger partial charge in [0.1, 0.15) is 5.75 Å². The smallest absolute Gasteiger partial charge is 0.246 e. The van der Waals surface area contributed by atoms with Gasteiger partial charge in [-0.15, -0.1) is 0 Å². The maximum atomic E-state index is 13.6. The third-order valence-electron chi connectivity index (χ3n) is 6.28. The van der Waals surface area contributed by atoms with E-state index in [9.17, 15) is 14.9 Å². The Balaban J connectivity index is 1.80. The Morgan fingerprint density at radius 3 is 2.13 bits per heavy atom. The van der Waals surface area contributed by atoms with Crippen molar-refractivity contribution in [2.24, 2.45) is 10.8 Å². The summed E-state index contributed by atoms with van der Waals surface area (Å²) < 4.78 is 5.33. The minimum Gasteiger partial charge on any atom is -0.495 e.